The first-order valence-corrected chi connectivity index (χ1v) is 9.48. The summed E-state index contributed by atoms with van der Waals surface area (Å²) < 4.78 is 11.6. The molecule has 0 amide bonds. The zero-order valence-electron chi connectivity index (χ0n) is 15.8. The molecule has 1 aliphatic heterocycles. The smallest absolute Gasteiger partial charge is 0.339 e. The Hall–Kier alpha value is -2.30. The first kappa shape index (κ1) is 18.1. The second-order valence-electron chi connectivity index (χ2n) is 7.21. The van der Waals surface area contributed by atoms with Crippen LogP contribution in [0.25, 0.3) is 11.0 Å². The lowest BCUT2D eigenvalue weighted by Gasteiger charge is -2.30. The van der Waals surface area contributed by atoms with E-state index in [1.54, 1.807) is 0 Å². The van der Waals surface area contributed by atoms with Crippen LogP contribution in [0, 0.1) is 20.8 Å². The summed E-state index contributed by atoms with van der Waals surface area (Å²) in [5.41, 5.74) is 5.30. The normalized spacial score (nSPS) is 14.2. The van der Waals surface area contributed by atoms with E-state index in [0.29, 0.717) is 17.9 Å². The van der Waals surface area contributed by atoms with Gasteiger partial charge in [-0.1, -0.05) is 23.7 Å². The number of ether oxygens (including phenoxy) is 1. The molecule has 0 fully saturated rings. The van der Waals surface area contributed by atoms with Gasteiger partial charge in [0.15, 0.2) is 0 Å². The Kier molecular flexibility index (Phi) is 4.70. The Morgan fingerprint density at radius 3 is 2.56 bits per heavy atom. The molecule has 2 aromatic carbocycles. The first-order chi connectivity index (χ1) is 12.9. The summed E-state index contributed by atoms with van der Waals surface area (Å²) in [6.07, 6.45) is 0.940. The molecular weight excluding hydrogens is 362 g/mol. The number of aryl methyl sites for hydroxylation is 2. The van der Waals surface area contributed by atoms with Gasteiger partial charge in [0.2, 0.25) is 0 Å². The van der Waals surface area contributed by atoms with Gasteiger partial charge < -0.3 is 9.15 Å². The Labute approximate surface area is 163 Å². The van der Waals surface area contributed by atoms with Crippen LogP contribution < -0.4 is 10.4 Å². The number of fused-ring (bicyclic) bond motifs is 2. The van der Waals surface area contributed by atoms with Gasteiger partial charge in [-0.25, -0.2) is 4.79 Å². The van der Waals surface area contributed by atoms with Gasteiger partial charge in [0.05, 0.1) is 0 Å². The quantitative estimate of drug-likeness (QED) is 0.611. The molecule has 1 aromatic heterocycles. The highest BCUT2D eigenvalue weighted by molar-refractivity contribution is 6.30. The molecule has 0 bridgehead atoms. The minimum Gasteiger partial charge on any atom is -0.477 e. The summed E-state index contributed by atoms with van der Waals surface area (Å²) in [6.45, 7) is 7.99. The molecule has 3 aromatic rings. The van der Waals surface area contributed by atoms with Crippen LogP contribution in [0.2, 0.25) is 5.02 Å². The number of hydrogen-bond donors (Lipinski definition) is 0. The second kappa shape index (κ2) is 7.02. The SMILES string of the molecule is Cc1c(C)c2cc3c(c(C)c2oc1=O)OCN(CCc1ccc(Cl)cc1)C3. The predicted molar refractivity (Wildman–Crippen MR) is 108 cm³/mol. The number of hydrogen-bond acceptors (Lipinski definition) is 4. The molecule has 0 saturated carbocycles. The zero-order valence-corrected chi connectivity index (χ0v) is 16.5. The third-order valence-electron chi connectivity index (χ3n) is 5.42. The van der Waals surface area contributed by atoms with Gasteiger partial charge in [0.25, 0.3) is 0 Å². The average Bonchev–Trinajstić information content (AvgIpc) is 2.67. The van der Waals surface area contributed by atoms with Crippen LogP contribution in [0.5, 0.6) is 5.75 Å². The van der Waals surface area contributed by atoms with Gasteiger partial charge in [-0.15, -0.1) is 0 Å². The van der Waals surface area contributed by atoms with E-state index in [9.17, 15) is 4.79 Å². The van der Waals surface area contributed by atoms with Crippen molar-refractivity contribution in [3.05, 3.63) is 73.6 Å². The minimum atomic E-state index is -0.275. The van der Waals surface area contributed by atoms with Crippen molar-refractivity contribution in [3.63, 3.8) is 0 Å². The molecule has 27 heavy (non-hydrogen) atoms. The van der Waals surface area contributed by atoms with Crippen molar-refractivity contribution in [3.8, 4) is 5.75 Å². The fourth-order valence-corrected chi connectivity index (χ4v) is 3.75. The van der Waals surface area contributed by atoms with E-state index >= 15 is 0 Å². The van der Waals surface area contributed by atoms with Gasteiger partial charge in [0.1, 0.15) is 18.1 Å². The zero-order chi connectivity index (χ0) is 19.1. The molecule has 0 spiro atoms. The molecule has 4 rings (SSSR count). The van der Waals surface area contributed by atoms with Crippen molar-refractivity contribution < 1.29 is 9.15 Å². The highest BCUT2D eigenvalue weighted by Crippen LogP contribution is 2.36. The summed E-state index contributed by atoms with van der Waals surface area (Å²) >= 11 is 5.96. The predicted octanol–water partition coefficient (Wildman–Crippen LogP) is 4.77. The Balaban J connectivity index is 1.61. The molecule has 4 nitrogen and oxygen atoms in total. The lowest BCUT2D eigenvalue weighted by molar-refractivity contribution is 0.0959. The van der Waals surface area contributed by atoms with E-state index in [4.69, 9.17) is 20.8 Å². The lowest BCUT2D eigenvalue weighted by Crippen LogP contribution is -2.34. The van der Waals surface area contributed by atoms with Crippen molar-refractivity contribution in [2.24, 2.45) is 0 Å². The van der Waals surface area contributed by atoms with Crippen LogP contribution in [0.1, 0.15) is 27.8 Å². The average molecular weight is 384 g/mol. The fourth-order valence-electron chi connectivity index (χ4n) is 3.63. The standard InChI is InChI=1S/C22H22ClNO3/c1-13-14(2)22(25)27-21-15(3)20-17(10-19(13)21)11-24(12-26-20)9-8-16-4-6-18(23)7-5-16/h4-7,10H,8-9,11-12H2,1-3H3. The van der Waals surface area contributed by atoms with Gasteiger partial charge in [-0.2, -0.15) is 0 Å². The largest absolute Gasteiger partial charge is 0.477 e. The van der Waals surface area contributed by atoms with Gasteiger partial charge in [0, 0.05) is 40.2 Å². The summed E-state index contributed by atoms with van der Waals surface area (Å²) in [6, 6.07) is 10.1. The molecule has 2 heterocycles. The van der Waals surface area contributed by atoms with E-state index in [1.807, 2.05) is 32.9 Å². The van der Waals surface area contributed by atoms with E-state index in [-0.39, 0.29) is 5.63 Å². The topological polar surface area (TPSA) is 42.7 Å². The van der Waals surface area contributed by atoms with Crippen molar-refractivity contribution in [1.82, 2.24) is 4.90 Å². The van der Waals surface area contributed by atoms with Crippen molar-refractivity contribution in [1.29, 1.82) is 0 Å². The highest BCUT2D eigenvalue weighted by Gasteiger charge is 2.23. The molecule has 140 valence electrons. The third-order valence-corrected chi connectivity index (χ3v) is 5.67. The maximum Gasteiger partial charge on any atom is 0.339 e. The van der Waals surface area contributed by atoms with Gasteiger partial charge >= 0.3 is 5.63 Å². The van der Waals surface area contributed by atoms with Crippen molar-refractivity contribution in [2.45, 2.75) is 33.7 Å². The van der Waals surface area contributed by atoms with E-state index < -0.39 is 0 Å². The van der Waals surface area contributed by atoms with E-state index in [1.165, 1.54) is 5.56 Å². The first-order valence-electron chi connectivity index (χ1n) is 9.10. The van der Waals surface area contributed by atoms with Crippen LogP contribution in [0.3, 0.4) is 0 Å². The summed E-state index contributed by atoms with van der Waals surface area (Å²) in [4.78, 5) is 14.3. The molecule has 0 saturated heterocycles. The number of halogens is 1. The molecule has 5 heteroatoms. The molecule has 0 unspecified atom stereocenters. The summed E-state index contributed by atoms with van der Waals surface area (Å²) in [5.74, 6) is 0.844. The monoisotopic (exact) mass is 383 g/mol. The van der Waals surface area contributed by atoms with Gasteiger partial charge in [-0.3, -0.25) is 4.90 Å². The molecule has 0 N–H and O–H groups in total. The second-order valence-corrected chi connectivity index (χ2v) is 7.64. The van der Waals surface area contributed by atoms with Crippen molar-refractivity contribution >= 4 is 22.6 Å². The lowest BCUT2D eigenvalue weighted by atomic mass is 9.99. The Morgan fingerprint density at radius 1 is 1.07 bits per heavy atom. The fraction of sp³-hybridized carbons (Fsp3) is 0.318. The highest BCUT2D eigenvalue weighted by atomic mass is 35.5. The van der Waals surface area contributed by atoms with E-state index in [2.05, 4.69) is 23.1 Å². The molecule has 0 atom stereocenters. The van der Waals surface area contributed by atoms with E-state index in [0.717, 1.165) is 52.4 Å². The summed E-state index contributed by atoms with van der Waals surface area (Å²) in [5, 5.41) is 1.75. The molecule has 1 aliphatic rings. The number of rotatable bonds is 3. The van der Waals surface area contributed by atoms with Crippen LogP contribution in [0.15, 0.2) is 39.5 Å². The Morgan fingerprint density at radius 2 is 1.81 bits per heavy atom. The van der Waals surface area contributed by atoms with Gasteiger partial charge in [-0.05, 0) is 56.5 Å². The molecule has 0 radical (unpaired) electrons. The number of nitrogens with zero attached hydrogens (tertiary/aromatic N) is 1. The maximum absolute atomic E-state index is 12.0. The Bertz CT molecular complexity index is 1070. The number of benzene rings is 2. The molecule has 0 aliphatic carbocycles. The van der Waals surface area contributed by atoms with Crippen LogP contribution in [0.4, 0.5) is 0 Å². The van der Waals surface area contributed by atoms with Crippen molar-refractivity contribution in [2.75, 3.05) is 13.3 Å². The minimum absolute atomic E-state index is 0.275. The van der Waals surface area contributed by atoms with Crippen LogP contribution in [-0.2, 0) is 13.0 Å². The summed E-state index contributed by atoms with van der Waals surface area (Å²) in [7, 11) is 0. The van der Waals surface area contributed by atoms with Crippen LogP contribution in [-0.4, -0.2) is 18.2 Å². The third kappa shape index (κ3) is 3.35. The molecular formula is C22H22ClNO3. The maximum atomic E-state index is 12.0. The van der Waals surface area contributed by atoms with Crippen LogP contribution >= 0.6 is 11.6 Å².